The zero-order valence-corrected chi connectivity index (χ0v) is 13.9. The molecule has 5 nitrogen and oxygen atoms in total. The van der Waals surface area contributed by atoms with E-state index in [4.69, 9.17) is 0 Å². The zero-order chi connectivity index (χ0) is 16.4. The molecule has 0 saturated carbocycles. The molecule has 2 aliphatic heterocycles. The molecule has 2 saturated heterocycles. The predicted molar refractivity (Wildman–Crippen MR) is 94.8 cm³/mol. The molecule has 0 unspecified atom stereocenters. The molecular formula is C19H24N4O. The molecule has 0 radical (unpaired) electrons. The van der Waals surface area contributed by atoms with E-state index in [2.05, 4.69) is 44.3 Å². The van der Waals surface area contributed by atoms with Crippen molar-refractivity contribution < 1.29 is 4.79 Å². The number of hydrogen-bond acceptors (Lipinski definition) is 3. The fourth-order valence-electron chi connectivity index (χ4n) is 3.85. The van der Waals surface area contributed by atoms with Gasteiger partial charge in [-0.05, 0) is 43.4 Å². The van der Waals surface area contributed by atoms with E-state index in [9.17, 15) is 4.79 Å². The number of nitrogens with one attached hydrogen (secondary N) is 1. The van der Waals surface area contributed by atoms with E-state index in [0.717, 1.165) is 44.6 Å². The van der Waals surface area contributed by atoms with Gasteiger partial charge in [-0.15, -0.1) is 0 Å². The Bertz CT molecular complexity index is 666. The summed E-state index contributed by atoms with van der Waals surface area (Å²) in [7, 11) is 0. The molecule has 24 heavy (non-hydrogen) atoms. The van der Waals surface area contributed by atoms with Crippen molar-refractivity contribution in [3.63, 3.8) is 0 Å². The van der Waals surface area contributed by atoms with Crippen LogP contribution in [0, 0.1) is 5.92 Å². The minimum Gasteiger partial charge on any atom is -0.371 e. The Labute approximate surface area is 142 Å². The second kappa shape index (κ2) is 6.67. The molecule has 0 spiro atoms. The fraction of sp³-hybridized carbons (Fsp3) is 0.474. The molecule has 126 valence electrons. The lowest BCUT2D eigenvalue weighted by Crippen LogP contribution is -2.41. The van der Waals surface area contributed by atoms with Crippen LogP contribution in [-0.2, 0) is 4.79 Å². The number of H-pyrrole nitrogens is 1. The normalized spacial score (nSPS) is 19.0. The summed E-state index contributed by atoms with van der Waals surface area (Å²) in [5.41, 5.74) is 3.53. The highest BCUT2D eigenvalue weighted by molar-refractivity contribution is 5.79. The summed E-state index contributed by atoms with van der Waals surface area (Å²) in [6.07, 6.45) is 8.04. The van der Waals surface area contributed by atoms with Crippen molar-refractivity contribution >= 4 is 11.6 Å². The van der Waals surface area contributed by atoms with Crippen LogP contribution >= 0.6 is 0 Å². The largest absolute Gasteiger partial charge is 0.371 e. The number of rotatable bonds is 3. The third-order valence-corrected chi connectivity index (χ3v) is 5.33. The summed E-state index contributed by atoms with van der Waals surface area (Å²) in [6.45, 7) is 3.87. The van der Waals surface area contributed by atoms with Crippen molar-refractivity contribution in [1.82, 2.24) is 15.1 Å². The molecule has 1 aromatic carbocycles. The van der Waals surface area contributed by atoms with Gasteiger partial charge in [0.2, 0.25) is 5.91 Å². The summed E-state index contributed by atoms with van der Waals surface area (Å²) in [4.78, 5) is 17.0. The predicted octanol–water partition coefficient (Wildman–Crippen LogP) is 2.92. The SMILES string of the molecule is O=C(C1CCN(c2ccc(-c3cn[nH]c3)cc2)CC1)N1CCCC1. The van der Waals surface area contributed by atoms with Gasteiger partial charge in [-0.25, -0.2) is 0 Å². The second-order valence-corrected chi connectivity index (χ2v) is 6.83. The van der Waals surface area contributed by atoms with Crippen LogP contribution in [0.2, 0.25) is 0 Å². The molecular weight excluding hydrogens is 300 g/mol. The Morgan fingerprint density at radius 1 is 1.00 bits per heavy atom. The standard InChI is InChI=1S/C19H24N4O/c24-19(23-9-1-2-10-23)16-7-11-22(12-8-16)18-5-3-15(4-6-18)17-13-20-21-14-17/h3-6,13-14,16H,1-2,7-12H2,(H,20,21). The number of anilines is 1. The molecule has 5 heteroatoms. The van der Waals surface area contributed by atoms with Gasteiger partial charge in [0, 0.05) is 49.5 Å². The van der Waals surface area contributed by atoms with E-state index in [1.165, 1.54) is 24.1 Å². The Balaban J connectivity index is 1.36. The number of amides is 1. The minimum absolute atomic E-state index is 0.226. The Hall–Kier alpha value is -2.30. The molecule has 1 N–H and O–H groups in total. The number of aromatic nitrogens is 2. The van der Waals surface area contributed by atoms with Crippen LogP contribution in [0.3, 0.4) is 0 Å². The van der Waals surface area contributed by atoms with Gasteiger partial charge in [0.05, 0.1) is 6.20 Å². The van der Waals surface area contributed by atoms with Crippen molar-refractivity contribution in [2.45, 2.75) is 25.7 Å². The topological polar surface area (TPSA) is 52.2 Å². The van der Waals surface area contributed by atoms with E-state index < -0.39 is 0 Å². The maximum absolute atomic E-state index is 12.5. The molecule has 1 aromatic heterocycles. The van der Waals surface area contributed by atoms with E-state index in [1.54, 1.807) is 0 Å². The summed E-state index contributed by atoms with van der Waals surface area (Å²) in [6, 6.07) is 8.62. The first kappa shape index (κ1) is 15.2. The average Bonchev–Trinajstić information content (AvgIpc) is 3.35. The summed E-state index contributed by atoms with van der Waals surface area (Å²) >= 11 is 0. The van der Waals surface area contributed by atoms with E-state index in [1.807, 2.05) is 12.4 Å². The first-order chi connectivity index (χ1) is 11.8. The van der Waals surface area contributed by atoms with Crippen LogP contribution in [0.4, 0.5) is 5.69 Å². The number of carbonyl (C=O) groups excluding carboxylic acids is 1. The van der Waals surface area contributed by atoms with Crippen LogP contribution in [0.1, 0.15) is 25.7 Å². The lowest BCUT2D eigenvalue weighted by Gasteiger charge is -2.34. The molecule has 0 aliphatic carbocycles. The Morgan fingerprint density at radius 3 is 2.33 bits per heavy atom. The van der Waals surface area contributed by atoms with Crippen molar-refractivity contribution in [1.29, 1.82) is 0 Å². The number of nitrogens with zero attached hydrogens (tertiary/aromatic N) is 3. The minimum atomic E-state index is 0.226. The highest BCUT2D eigenvalue weighted by atomic mass is 16.2. The first-order valence-electron chi connectivity index (χ1n) is 8.94. The maximum atomic E-state index is 12.5. The number of benzene rings is 1. The van der Waals surface area contributed by atoms with Crippen LogP contribution < -0.4 is 4.90 Å². The van der Waals surface area contributed by atoms with E-state index in [0.29, 0.717) is 5.91 Å². The average molecular weight is 324 g/mol. The van der Waals surface area contributed by atoms with Crippen LogP contribution in [0.25, 0.3) is 11.1 Å². The third-order valence-electron chi connectivity index (χ3n) is 5.33. The van der Waals surface area contributed by atoms with Gasteiger partial charge >= 0.3 is 0 Å². The first-order valence-corrected chi connectivity index (χ1v) is 8.94. The summed E-state index contributed by atoms with van der Waals surface area (Å²) < 4.78 is 0. The maximum Gasteiger partial charge on any atom is 0.225 e. The van der Waals surface area contributed by atoms with Crippen LogP contribution in [0.15, 0.2) is 36.7 Å². The number of piperidine rings is 1. The Kier molecular flexibility index (Phi) is 4.24. The van der Waals surface area contributed by atoms with Gasteiger partial charge < -0.3 is 9.80 Å². The van der Waals surface area contributed by atoms with E-state index >= 15 is 0 Å². The molecule has 4 rings (SSSR count). The molecule has 0 bridgehead atoms. The summed E-state index contributed by atoms with van der Waals surface area (Å²) in [5.74, 6) is 0.618. The van der Waals surface area contributed by atoms with Gasteiger partial charge in [0.25, 0.3) is 0 Å². The van der Waals surface area contributed by atoms with Crippen molar-refractivity contribution in [2.24, 2.45) is 5.92 Å². The highest BCUT2D eigenvalue weighted by Gasteiger charge is 2.29. The van der Waals surface area contributed by atoms with Crippen LogP contribution in [-0.4, -0.2) is 47.2 Å². The van der Waals surface area contributed by atoms with Gasteiger partial charge in [-0.3, -0.25) is 9.89 Å². The lowest BCUT2D eigenvalue weighted by atomic mass is 9.95. The van der Waals surface area contributed by atoms with Crippen molar-refractivity contribution in [2.75, 3.05) is 31.1 Å². The molecule has 1 amide bonds. The number of carbonyl (C=O) groups is 1. The van der Waals surface area contributed by atoms with Crippen molar-refractivity contribution in [3.05, 3.63) is 36.7 Å². The number of likely N-dealkylation sites (tertiary alicyclic amines) is 1. The molecule has 2 aromatic rings. The number of hydrogen-bond donors (Lipinski definition) is 1. The van der Waals surface area contributed by atoms with Crippen molar-refractivity contribution in [3.8, 4) is 11.1 Å². The Morgan fingerprint density at radius 2 is 1.71 bits per heavy atom. The van der Waals surface area contributed by atoms with Gasteiger partial charge in [0.15, 0.2) is 0 Å². The second-order valence-electron chi connectivity index (χ2n) is 6.83. The zero-order valence-electron chi connectivity index (χ0n) is 13.9. The fourth-order valence-corrected chi connectivity index (χ4v) is 3.85. The molecule has 3 heterocycles. The smallest absolute Gasteiger partial charge is 0.225 e. The lowest BCUT2D eigenvalue weighted by molar-refractivity contribution is -0.135. The highest BCUT2D eigenvalue weighted by Crippen LogP contribution is 2.27. The van der Waals surface area contributed by atoms with E-state index in [-0.39, 0.29) is 5.92 Å². The third kappa shape index (κ3) is 3.03. The molecule has 2 fully saturated rings. The quantitative estimate of drug-likeness (QED) is 0.944. The molecule has 0 atom stereocenters. The van der Waals surface area contributed by atoms with Gasteiger partial charge in [0.1, 0.15) is 0 Å². The number of aromatic amines is 1. The van der Waals surface area contributed by atoms with Gasteiger partial charge in [-0.2, -0.15) is 5.10 Å². The molecule has 2 aliphatic rings. The summed E-state index contributed by atoms with van der Waals surface area (Å²) in [5, 5.41) is 6.85. The monoisotopic (exact) mass is 324 g/mol. The van der Waals surface area contributed by atoms with Crippen LogP contribution in [0.5, 0.6) is 0 Å². The van der Waals surface area contributed by atoms with Gasteiger partial charge in [-0.1, -0.05) is 12.1 Å².